The number of hydrogen-bond donors (Lipinski definition) is 1. The molecule has 0 aliphatic rings. The third kappa shape index (κ3) is 6.61. The molecule has 1 amide bonds. The molecule has 0 bridgehead atoms. The summed E-state index contributed by atoms with van der Waals surface area (Å²) in [7, 11) is 0. The second-order valence-electron chi connectivity index (χ2n) is 7.56. The van der Waals surface area contributed by atoms with Crippen LogP contribution in [0.1, 0.15) is 45.2 Å². The number of nitrogens with one attached hydrogen (secondary N) is 1. The zero-order chi connectivity index (χ0) is 18.3. The van der Waals surface area contributed by atoms with Crippen molar-refractivity contribution < 1.29 is 9.53 Å². The molecule has 0 saturated carbocycles. The van der Waals surface area contributed by atoms with Gasteiger partial charge in [0.25, 0.3) is 5.91 Å². The standard InChI is InChI=1S/C22H29NO2/c1-17(10-11-18-8-6-5-7-9-18)23-21(24)16-25-20-14-12-19(13-15-20)22(2,3)4/h5-9,12-15,17H,10-11,16H2,1-4H3,(H,23,24)/t17-/m1/s1. The minimum absolute atomic E-state index is 0.0462. The molecule has 0 saturated heterocycles. The van der Waals surface area contributed by atoms with Crippen molar-refractivity contribution in [3.63, 3.8) is 0 Å². The summed E-state index contributed by atoms with van der Waals surface area (Å²) in [6.07, 6.45) is 1.87. The van der Waals surface area contributed by atoms with Crippen molar-refractivity contribution in [2.75, 3.05) is 6.61 Å². The fraction of sp³-hybridized carbons (Fsp3) is 0.409. The molecule has 0 fully saturated rings. The van der Waals surface area contributed by atoms with Crippen molar-refractivity contribution in [3.05, 3.63) is 65.7 Å². The van der Waals surface area contributed by atoms with Crippen molar-refractivity contribution in [2.45, 2.75) is 52.0 Å². The molecule has 0 aliphatic heterocycles. The normalized spacial score (nSPS) is 12.5. The van der Waals surface area contributed by atoms with E-state index in [1.165, 1.54) is 11.1 Å². The zero-order valence-electron chi connectivity index (χ0n) is 15.7. The van der Waals surface area contributed by atoms with Gasteiger partial charge in [0.2, 0.25) is 0 Å². The molecule has 0 spiro atoms. The van der Waals surface area contributed by atoms with Gasteiger partial charge in [-0.25, -0.2) is 0 Å². The van der Waals surface area contributed by atoms with Crippen LogP contribution in [-0.4, -0.2) is 18.6 Å². The van der Waals surface area contributed by atoms with Gasteiger partial charge in [-0.05, 0) is 48.4 Å². The first-order valence-electron chi connectivity index (χ1n) is 8.91. The Labute approximate surface area is 151 Å². The van der Waals surface area contributed by atoms with Crippen molar-refractivity contribution in [2.24, 2.45) is 0 Å². The molecule has 2 rings (SSSR count). The lowest BCUT2D eigenvalue weighted by Crippen LogP contribution is -2.36. The molecule has 134 valence electrons. The van der Waals surface area contributed by atoms with Crippen molar-refractivity contribution in [1.82, 2.24) is 5.32 Å². The van der Waals surface area contributed by atoms with E-state index >= 15 is 0 Å². The average Bonchev–Trinajstić information content (AvgIpc) is 2.59. The third-order valence-electron chi connectivity index (χ3n) is 4.21. The Morgan fingerprint density at radius 3 is 2.28 bits per heavy atom. The first kappa shape index (κ1) is 19.0. The molecule has 1 N–H and O–H groups in total. The van der Waals surface area contributed by atoms with Gasteiger partial charge in [0.15, 0.2) is 6.61 Å². The largest absolute Gasteiger partial charge is 0.484 e. The number of amides is 1. The van der Waals surface area contributed by atoms with E-state index in [4.69, 9.17) is 4.74 Å². The Morgan fingerprint density at radius 2 is 1.68 bits per heavy atom. The number of carbonyl (C=O) groups is 1. The number of aryl methyl sites for hydroxylation is 1. The van der Waals surface area contributed by atoms with Crippen LogP contribution in [0.2, 0.25) is 0 Å². The van der Waals surface area contributed by atoms with Crippen LogP contribution in [0.4, 0.5) is 0 Å². The SMILES string of the molecule is C[C@H](CCc1ccccc1)NC(=O)COc1ccc(C(C)(C)C)cc1. The topological polar surface area (TPSA) is 38.3 Å². The van der Waals surface area contributed by atoms with Gasteiger partial charge in [0.1, 0.15) is 5.75 Å². The fourth-order valence-corrected chi connectivity index (χ4v) is 2.62. The maximum Gasteiger partial charge on any atom is 0.258 e. The average molecular weight is 339 g/mol. The predicted molar refractivity (Wildman–Crippen MR) is 103 cm³/mol. The molecular formula is C22H29NO2. The van der Waals surface area contributed by atoms with Gasteiger partial charge in [-0.15, -0.1) is 0 Å². The molecule has 2 aromatic carbocycles. The van der Waals surface area contributed by atoms with E-state index in [2.05, 4.69) is 50.4 Å². The smallest absolute Gasteiger partial charge is 0.258 e. The van der Waals surface area contributed by atoms with Crippen LogP contribution < -0.4 is 10.1 Å². The summed E-state index contributed by atoms with van der Waals surface area (Å²) in [6, 6.07) is 18.4. The van der Waals surface area contributed by atoms with Gasteiger partial charge in [-0.2, -0.15) is 0 Å². The maximum atomic E-state index is 12.0. The highest BCUT2D eigenvalue weighted by atomic mass is 16.5. The van der Waals surface area contributed by atoms with Gasteiger partial charge in [0, 0.05) is 6.04 Å². The predicted octanol–water partition coefficient (Wildman–Crippen LogP) is 4.50. The second kappa shape index (κ2) is 8.70. The minimum atomic E-state index is -0.0829. The molecule has 25 heavy (non-hydrogen) atoms. The monoisotopic (exact) mass is 339 g/mol. The quantitative estimate of drug-likeness (QED) is 0.806. The highest BCUT2D eigenvalue weighted by Gasteiger charge is 2.13. The van der Waals surface area contributed by atoms with Gasteiger partial charge in [0.05, 0.1) is 0 Å². The number of ether oxygens (including phenoxy) is 1. The van der Waals surface area contributed by atoms with E-state index in [-0.39, 0.29) is 24.0 Å². The Morgan fingerprint density at radius 1 is 1.04 bits per heavy atom. The van der Waals surface area contributed by atoms with E-state index in [1.807, 2.05) is 37.3 Å². The first-order chi connectivity index (χ1) is 11.8. The molecule has 0 aromatic heterocycles. The first-order valence-corrected chi connectivity index (χ1v) is 8.91. The molecule has 0 unspecified atom stereocenters. The van der Waals surface area contributed by atoms with E-state index in [0.717, 1.165) is 18.6 Å². The van der Waals surface area contributed by atoms with E-state index < -0.39 is 0 Å². The summed E-state index contributed by atoms with van der Waals surface area (Å²) in [6.45, 7) is 8.59. The van der Waals surface area contributed by atoms with Crippen molar-refractivity contribution in [1.29, 1.82) is 0 Å². The lowest BCUT2D eigenvalue weighted by atomic mass is 9.87. The Hall–Kier alpha value is -2.29. The summed E-state index contributed by atoms with van der Waals surface area (Å²) in [5.74, 6) is 0.639. The minimum Gasteiger partial charge on any atom is -0.484 e. The number of carbonyl (C=O) groups excluding carboxylic acids is 1. The van der Waals surface area contributed by atoms with Crippen LogP contribution in [0.3, 0.4) is 0 Å². The van der Waals surface area contributed by atoms with Crippen LogP contribution in [-0.2, 0) is 16.6 Å². The summed E-state index contributed by atoms with van der Waals surface area (Å²) >= 11 is 0. The Kier molecular flexibility index (Phi) is 6.63. The molecule has 1 atom stereocenters. The highest BCUT2D eigenvalue weighted by Crippen LogP contribution is 2.24. The molecule has 2 aromatic rings. The lowest BCUT2D eigenvalue weighted by Gasteiger charge is -2.19. The number of hydrogen-bond acceptors (Lipinski definition) is 2. The van der Waals surface area contributed by atoms with Gasteiger partial charge < -0.3 is 10.1 Å². The number of benzene rings is 2. The molecule has 0 aliphatic carbocycles. The van der Waals surface area contributed by atoms with Crippen LogP contribution >= 0.6 is 0 Å². The van der Waals surface area contributed by atoms with Crippen LogP contribution in [0.15, 0.2) is 54.6 Å². The second-order valence-corrected chi connectivity index (χ2v) is 7.56. The van der Waals surface area contributed by atoms with Crippen LogP contribution in [0.5, 0.6) is 5.75 Å². The molecule has 0 radical (unpaired) electrons. The van der Waals surface area contributed by atoms with Gasteiger partial charge in [-0.3, -0.25) is 4.79 Å². The third-order valence-corrected chi connectivity index (χ3v) is 4.21. The van der Waals surface area contributed by atoms with Crippen LogP contribution in [0.25, 0.3) is 0 Å². The van der Waals surface area contributed by atoms with E-state index in [9.17, 15) is 4.79 Å². The molecule has 3 heteroatoms. The summed E-state index contributed by atoms with van der Waals surface area (Å²) in [5.41, 5.74) is 2.65. The van der Waals surface area contributed by atoms with E-state index in [0.29, 0.717) is 0 Å². The summed E-state index contributed by atoms with van der Waals surface area (Å²) in [5, 5.41) is 2.99. The molecule has 3 nitrogen and oxygen atoms in total. The summed E-state index contributed by atoms with van der Waals surface area (Å²) in [4.78, 5) is 12.0. The zero-order valence-corrected chi connectivity index (χ0v) is 15.7. The fourth-order valence-electron chi connectivity index (χ4n) is 2.62. The Balaban J connectivity index is 1.73. The highest BCUT2D eigenvalue weighted by molar-refractivity contribution is 5.77. The van der Waals surface area contributed by atoms with Crippen molar-refractivity contribution >= 4 is 5.91 Å². The number of rotatable bonds is 7. The lowest BCUT2D eigenvalue weighted by molar-refractivity contribution is -0.123. The van der Waals surface area contributed by atoms with Gasteiger partial charge in [-0.1, -0.05) is 63.2 Å². The van der Waals surface area contributed by atoms with Crippen molar-refractivity contribution in [3.8, 4) is 5.75 Å². The van der Waals surface area contributed by atoms with Gasteiger partial charge >= 0.3 is 0 Å². The van der Waals surface area contributed by atoms with E-state index in [1.54, 1.807) is 0 Å². The van der Waals surface area contributed by atoms with Crippen LogP contribution in [0, 0.1) is 0 Å². The molecular weight excluding hydrogens is 310 g/mol. The maximum absolute atomic E-state index is 12.0. The molecule has 0 heterocycles. The Bertz CT molecular complexity index is 657. The summed E-state index contributed by atoms with van der Waals surface area (Å²) < 4.78 is 5.59.